The number of nitrogens with zero attached hydrogens (tertiary/aromatic N) is 6. The number of nitrogens with one attached hydrogen (secondary N) is 1. The molecule has 20 heavy (non-hydrogen) atoms. The molecule has 0 spiro atoms. The van der Waals surface area contributed by atoms with Gasteiger partial charge in [0.2, 0.25) is 11.6 Å². The Hall–Kier alpha value is -2.78. The van der Waals surface area contributed by atoms with E-state index in [0.29, 0.717) is 5.69 Å². The number of nitrogen functional groups attached to an aromatic ring is 1. The third kappa shape index (κ3) is 2.48. The second-order valence-electron chi connectivity index (χ2n) is 4.05. The van der Waals surface area contributed by atoms with E-state index in [1.165, 1.54) is 4.68 Å². The smallest absolute Gasteiger partial charge is 0.293 e. The molecule has 0 aliphatic rings. The van der Waals surface area contributed by atoms with E-state index < -0.39 is 5.91 Å². The maximum Gasteiger partial charge on any atom is 0.293 e. The molecule has 2 aromatic rings. The maximum absolute atomic E-state index is 11.9. The van der Waals surface area contributed by atoms with Crippen molar-refractivity contribution in [1.29, 1.82) is 0 Å². The van der Waals surface area contributed by atoms with Crippen molar-refractivity contribution in [3.63, 3.8) is 0 Å². The summed E-state index contributed by atoms with van der Waals surface area (Å²) in [6.07, 6.45) is 0.743. The monoisotopic (exact) mass is 278 g/mol. The Balaban J connectivity index is 2.25. The molecule has 0 radical (unpaired) electrons. The fourth-order valence-electron chi connectivity index (χ4n) is 1.36. The van der Waals surface area contributed by atoms with Crippen LogP contribution in [0.3, 0.4) is 0 Å². The molecule has 0 aliphatic carbocycles. The molecule has 10 nitrogen and oxygen atoms in total. The molecule has 1 amide bonds. The molecule has 0 aromatic carbocycles. The Kier molecular flexibility index (Phi) is 3.73. The van der Waals surface area contributed by atoms with Crippen molar-refractivity contribution in [2.75, 3.05) is 5.73 Å². The van der Waals surface area contributed by atoms with E-state index in [-0.39, 0.29) is 17.3 Å². The second kappa shape index (κ2) is 5.47. The highest BCUT2D eigenvalue weighted by Crippen LogP contribution is 2.14. The lowest BCUT2D eigenvalue weighted by Crippen LogP contribution is -2.20. The lowest BCUT2D eigenvalue weighted by molar-refractivity contribution is 0.0949. The first kappa shape index (κ1) is 13.6. The average Bonchev–Trinajstić information content (AvgIpc) is 3.01. The van der Waals surface area contributed by atoms with Gasteiger partial charge in [-0.05, 0) is 30.6 Å². The summed E-state index contributed by atoms with van der Waals surface area (Å²) >= 11 is 0. The molecule has 2 rings (SSSR count). The summed E-state index contributed by atoms with van der Waals surface area (Å²) in [5, 5.41) is 18.5. The van der Waals surface area contributed by atoms with E-state index in [4.69, 9.17) is 5.73 Å². The first-order valence-electron chi connectivity index (χ1n) is 5.88. The first-order chi connectivity index (χ1) is 9.54. The van der Waals surface area contributed by atoms with Crippen LogP contribution in [0.2, 0.25) is 0 Å². The number of anilines is 1. The first-order valence-corrected chi connectivity index (χ1v) is 5.88. The van der Waals surface area contributed by atoms with Crippen molar-refractivity contribution in [2.45, 2.75) is 27.2 Å². The predicted molar refractivity (Wildman–Crippen MR) is 69.2 cm³/mol. The number of carbonyl (C=O) groups excluding carboxylic acids is 1. The van der Waals surface area contributed by atoms with Gasteiger partial charge in [-0.3, -0.25) is 4.79 Å². The summed E-state index contributed by atoms with van der Waals surface area (Å²) in [5.41, 5.74) is 9.35. The number of hydrogen-bond acceptors (Lipinski definition) is 8. The Morgan fingerprint density at radius 3 is 2.85 bits per heavy atom. The van der Waals surface area contributed by atoms with E-state index in [0.717, 1.165) is 12.1 Å². The van der Waals surface area contributed by atoms with E-state index in [2.05, 4.69) is 35.8 Å². The van der Waals surface area contributed by atoms with Gasteiger partial charge in [0, 0.05) is 5.71 Å². The molecule has 2 heterocycles. The van der Waals surface area contributed by atoms with Gasteiger partial charge in [-0.1, -0.05) is 12.1 Å². The molecule has 0 atom stereocenters. The van der Waals surface area contributed by atoms with Gasteiger partial charge in [-0.2, -0.15) is 9.78 Å². The lowest BCUT2D eigenvalue weighted by Gasteiger charge is -2.00. The van der Waals surface area contributed by atoms with Crippen molar-refractivity contribution < 1.29 is 9.42 Å². The normalized spacial score (nSPS) is 11.7. The zero-order valence-electron chi connectivity index (χ0n) is 11.3. The van der Waals surface area contributed by atoms with E-state index in [1.807, 2.05) is 13.8 Å². The Morgan fingerprint density at radius 2 is 2.25 bits per heavy atom. The Morgan fingerprint density at radius 1 is 1.50 bits per heavy atom. The van der Waals surface area contributed by atoms with Gasteiger partial charge in [0.15, 0.2) is 5.69 Å². The van der Waals surface area contributed by atoms with Gasteiger partial charge >= 0.3 is 0 Å². The van der Waals surface area contributed by atoms with E-state index >= 15 is 0 Å². The molecule has 0 saturated carbocycles. The standard InChI is InChI=1S/C10H14N8O2/c1-4-5(2)12-14-10(19)7-6(3)18(17-13-7)9-8(11)15-20-16-9/h4H2,1-3H3,(H2,11,15)(H,14,19). The van der Waals surface area contributed by atoms with Gasteiger partial charge < -0.3 is 5.73 Å². The van der Waals surface area contributed by atoms with Crippen LogP contribution in [0.5, 0.6) is 0 Å². The molecule has 3 N–H and O–H groups in total. The SMILES string of the molecule is CCC(C)=NNC(=O)c1nnn(-c2nonc2N)c1C. The summed E-state index contributed by atoms with van der Waals surface area (Å²) in [6.45, 7) is 5.40. The zero-order valence-corrected chi connectivity index (χ0v) is 11.3. The molecule has 2 aromatic heterocycles. The Labute approximate surface area is 114 Å². The van der Waals surface area contributed by atoms with Crippen LogP contribution in [0.25, 0.3) is 5.82 Å². The topological polar surface area (TPSA) is 137 Å². The quantitative estimate of drug-likeness (QED) is 0.595. The van der Waals surface area contributed by atoms with Gasteiger partial charge in [0.05, 0.1) is 5.69 Å². The number of amides is 1. The number of carbonyl (C=O) groups is 1. The highest BCUT2D eigenvalue weighted by atomic mass is 16.6. The number of hydrazone groups is 1. The van der Waals surface area contributed by atoms with E-state index in [1.54, 1.807) is 6.92 Å². The molecular formula is C10H14N8O2. The number of hydrogen-bond donors (Lipinski definition) is 2. The predicted octanol–water partition coefficient (Wildman–Crippen LogP) is 0.0566. The van der Waals surface area contributed by atoms with Crippen LogP contribution in [-0.4, -0.2) is 36.9 Å². The van der Waals surface area contributed by atoms with Crippen LogP contribution in [0.1, 0.15) is 36.5 Å². The van der Waals surface area contributed by atoms with Crippen molar-refractivity contribution >= 4 is 17.4 Å². The average molecular weight is 278 g/mol. The van der Waals surface area contributed by atoms with Crippen molar-refractivity contribution in [1.82, 2.24) is 30.7 Å². The summed E-state index contributed by atoms with van der Waals surface area (Å²) in [6, 6.07) is 0. The number of nitrogens with two attached hydrogens (primary N) is 1. The molecule has 0 bridgehead atoms. The van der Waals surface area contributed by atoms with Gasteiger partial charge in [-0.25, -0.2) is 10.1 Å². The third-order valence-electron chi connectivity index (χ3n) is 2.67. The van der Waals surface area contributed by atoms with Crippen molar-refractivity contribution in [3.8, 4) is 5.82 Å². The lowest BCUT2D eigenvalue weighted by atomic mass is 10.3. The van der Waals surface area contributed by atoms with Gasteiger partial charge in [-0.15, -0.1) is 5.10 Å². The highest BCUT2D eigenvalue weighted by Gasteiger charge is 2.20. The molecule has 10 heteroatoms. The fourth-order valence-corrected chi connectivity index (χ4v) is 1.36. The maximum atomic E-state index is 11.9. The number of aromatic nitrogens is 5. The fraction of sp³-hybridized carbons (Fsp3) is 0.400. The minimum atomic E-state index is -0.462. The van der Waals surface area contributed by atoms with Crippen LogP contribution in [0.15, 0.2) is 9.73 Å². The highest BCUT2D eigenvalue weighted by molar-refractivity contribution is 5.94. The zero-order chi connectivity index (χ0) is 14.7. The van der Waals surface area contributed by atoms with Gasteiger partial charge in [0.1, 0.15) is 0 Å². The van der Waals surface area contributed by atoms with Crippen molar-refractivity contribution in [3.05, 3.63) is 11.4 Å². The summed E-state index contributed by atoms with van der Waals surface area (Å²) < 4.78 is 5.76. The van der Waals surface area contributed by atoms with Crippen LogP contribution in [-0.2, 0) is 0 Å². The Bertz CT molecular complexity index is 656. The molecule has 106 valence electrons. The molecule has 0 aliphatic heterocycles. The molecule has 0 unspecified atom stereocenters. The van der Waals surface area contributed by atoms with Crippen LogP contribution >= 0.6 is 0 Å². The summed E-state index contributed by atoms with van der Waals surface area (Å²) in [4.78, 5) is 11.9. The van der Waals surface area contributed by atoms with E-state index in [9.17, 15) is 4.79 Å². The van der Waals surface area contributed by atoms with Crippen LogP contribution in [0, 0.1) is 6.92 Å². The third-order valence-corrected chi connectivity index (χ3v) is 2.67. The summed E-state index contributed by atoms with van der Waals surface area (Å²) in [7, 11) is 0. The minimum absolute atomic E-state index is 0.0600. The van der Waals surface area contributed by atoms with Crippen LogP contribution in [0.4, 0.5) is 5.82 Å². The molecule has 0 fully saturated rings. The minimum Gasteiger partial charge on any atom is -0.378 e. The molecule has 0 saturated heterocycles. The van der Waals surface area contributed by atoms with Gasteiger partial charge in [0.25, 0.3) is 5.91 Å². The largest absolute Gasteiger partial charge is 0.378 e. The second-order valence-corrected chi connectivity index (χ2v) is 4.05. The van der Waals surface area contributed by atoms with Crippen molar-refractivity contribution in [2.24, 2.45) is 5.10 Å². The summed E-state index contributed by atoms with van der Waals surface area (Å²) in [5.74, 6) is -0.219. The molecular weight excluding hydrogens is 264 g/mol. The van der Waals surface area contributed by atoms with Crippen LogP contribution < -0.4 is 11.2 Å². The number of rotatable bonds is 4.